The van der Waals surface area contributed by atoms with E-state index in [0.29, 0.717) is 11.3 Å². The van der Waals surface area contributed by atoms with E-state index in [1.807, 2.05) is 55.9 Å². The third-order valence-corrected chi connectivity index (χ3v) is 4.63. The van der Waals surface area contributed by atoms with Crippen molar-refractivity contribution in [2.75, 3.05) is 0 Å². The summed E-state index contributed by atoms with van der Waals surface area (Å²) in [7, 11) is 1.95. The van der Waals surface area contributed by atoms with E-state index in [0.717, 1.165) is 27.9 Å². The first-order chi connectivity index (χ1) is 14.0. The van der Waals surface area contributed by atoms with Gasteiger partial charge in [0.2, 0.25) is 0 Å². The largest absolute Gasteiger partial charge is 0.491 e. The van der Waals surface area contributed by atoms with E-state index >= 15 is 0 Å². The number of imidazole rings is 1. The number of benzene rings is 1. The van der Waals surface area contributed by atoms with Gasteiger partial charge in [0, 0.05) is 35.5 Å². The zero-order valence-corrected chi connectivity index (χ0v) is 16.7. The lowest BCUT2D eigenvalue weighted by molar-refractivity contribution is 0.0992. The lowest BCUT2D eigenvalue weighted by Gasteiger charge is -2.10. The molecule has 0 bridgehead atoms. The molecule has 146 valence electrons. The monoisotopic (exact) mass is 386 g/mol. The second-order valence-corrected chi connectivity index (χ2v) is 7.27. The average Bonchev–Trinajstić information content (AvgIpc) is 3.13. The Bertz CT molecular complexity index is 1160. The van der Waals surface area contributed by atoms with Crippen molar-refractivity contribution in [3.8, 4) is 17.0 Å². The molecule has 29 heavy (non-hydrogen) atoms. The Hall–Kier alpha value is -3.54. The van der Waals surface area contributed by atoms with Crippen LogP contribution in [0.3, 0.4) is 0 Å². The second-order valence-electron chi connectivity index (χ2n) is 7.27. The number of pyridine rings is 2. The Labute approximate surface area is 169 Å². The third kappa shape index (κ3) is 4.16. The summed E-state index contributed by atoms with van der Waals surface area (Å²) in [6.45, 7) is 3.94. The predicted molar refractivity (Wildman–Crippen MR) is 112 cm³/mol. The van der Waals surface area contributed by atoms with E-state index in [4.69, 9.17) is 4.74 Å². The number of aryl methyl sites for hydroxylation is 1. The average molecular weight is 386 g/mol. The summed E-state index contributed by atoms with van der Waals surface area (Å²) in [6.07, 6.45) is 7.42. The van der Waals surface area contributed by atoms with Gasteiger partial charge in [-0.25, -0.2) is 4.98 Å². The third-order valence-electron chi connectivity index (χ3n) is 4.63. The molecule has 0 aliphatic rings. The van der Waals surface area contributed by atoms with Crippen LogP contribution in [0.2, 0.25) is 0 Å². The molecule has 3 heterocycles. The fourth-order valence-electron chi connectivity index (χ4n) is 3.21. The summed E-state index contributed by atoms with van der Waals surface area (Å²) >= 11 is 0. The van der Waals surface area contributed by atoms with E-state index in [9.17, 15) is 4.79 Å². The highest BCUT2D eigenvalue weighted by Crippen LogP contribution is 2.22. The Kier molecular flexibility index (Phi) is 5.08. The van der Waals surface area contributed by atoms with Gasteiger partial charge >= 0.3 is 0 Å². The number of carbonyl (C=O) groups excluding carboxylic acids is 1. The molecule has 0 amide bonds. The Morgan fingerprint density at radius 1 is 1.07 bits per heavy atom. The number of hydrogen-bond acceptors (Lipinski definition) is 5. The van der Waals surface area contributed by atoms with Gasteiger partial charge in [-0.1, -0.05) is 0 Å². The molecule has 6 heteroatoms. The summed E-state index contributed by atoms with van der Waals surface area (Å²) < 4.78 is 7.57. The van der Waals surface area contributed by atoms with E-state index < -0.39 is 0 Å². The van der Waals surface area contributed by atoms with Crippen LogP contribution >= 0.6 is 0 Å². The molecule has 0 aliphatic carbocycles. The number of fused-ring (bicyclic) bond motifs is 1. The topological polar surface area (TPSA) is 69.9 Å². The maximum atomic E-state index is 12.7. The first-order valence-corrected chi connectivity index (χ1v) is 9.51. The van der Waals surface area contributed by atoms with Gasteiger partial charge < -0.3 is 9.30 Å². The number of nitrogens with zero attached hydrogens (tertiary/aromatic N) is 4. The van der Waals surface area contributed by atoms with Crippen molar-refractivity contribution < 1.29 is 9.53 Å². The van der Waals surface area contributed by atoms with Crippen molar-refractivity contribution in [2.24, 2.45) is 7.05 Å². The van der Waals surface area contributed by atoms with Crippen LogP contribution in [0, 0.1) is 0 Å². The van der Waals surface area contributed by atoms with Gasteiger partial charge in [0.25, 0.3) is 0 Å². The molecule has 3 aromatic heterocycles. The lowest BCUT2D eigenvalue weighted by atomic mass is 10.0. The van der Waals surface area contributed by atoms with E-state index in [1.165, 1.54) is 0 Å². The smallest absolute Gasteiger partial charge is 0.168 e. The van der Waals surface area contributed by atoms with Gasteiger partial charge in [0.15, 0.2) is 5.78 Å². The minimum absolute atomic E-state index is 0.0173. The zero-order valence-electron chi connectivity index (χ0n) is 16.7. The molecule has 0 unspecified atom stereocenters. The van der Waals surface area contributed by atoms with E-state index in [1.54, 1.807) is 30.9 Å². The quantitative estimate of drug-likeness (QED) is 0.464. The normalized spacial score (nSPS) is 11.2. The fourth-order valence-corrected chi connectivity index (χ4v) is 3.21. The maximum Gasteiger partial charge on any atom is 0.168 e. The highest BCUT2D eigenvalue weighted by Gasteiger charge is 2.11. The van der Waals surface area contributed by atoms with Gasteiger partial charge in [-0.3, -0.25) is 14.8 Å². The molecule has 0 atom stereocenters. The van der Waals surface area contributed by atoms with Crippen LogP contribution < -0.4 is 4.74 Å². The highest BCUT2D eigenvalue weighted by molar-refractivity contribution is 5.97. The fraction of sp³-hybridized carbons (Fsp3) is 0.217. The number of rotatable bonds is 6. The maximum absolute atomic E-state index is 12.7. The SMILES string of the molecule is CC(C)Oc1ccc(C(=O)Cc2cc3cc(-c4cncn4C)cnc3cn2)cc1. The van der Waals surface area contributed by atoms with Gasteiger partial charge in [-0.15, -0.1) is 0 Å². The molecule has 0 fully saturated rings. The first kappa shape index (κ1) is 18.8. The van der Waals surface area contributed by atoms with Crippen LogP contribution in [0.5, 0.6) is 5.75 Å². The number of aromatic nitrogens is 4. The summed E-state index contributed by atoms with van der Waals surface area (Å²) in [6, 6.07) is 11.2. The predicted octanol–water partition coefficient (Wildman–Crippen LogP) is 4.24. The molecule has 6 nitrogen and oxygen atoms in total. The standard InChI is InChI=1S/C23H22N4O2/c1-15(2)29-20-6-4-16(5-7-20)23(28)10-19-9-17-8-18(11-26-21(17)12-25-19)22-13-24-14-27(22)3/h4-9,11-15H,10H2,1-3H3. The van der Waals surface area contributed by atoms with Crippen molar-refractivity contribution >= 4 is 16.7 Å². The van der Waals surface area contributed by atoms with E-state index in [-0.39, 0.29) is 18.3 Å². The van der Waals surface area contributed by atoms with Gasteiger partial charge in [-0.2, -0.15) is 0 Å². The molecule has 0 saturated heterocycles. The van der Waals surface area contributed by atoms with Crippen LogP contribution in [0.15, 0.2) is 61.3 Å². The van der Waals surface area contributed by atoms with Gasteiger partial charge in [-0.05, 0) is 50.2 Å². The molecule has 0 saturated carbocycles. The minimum Gasteiger partial charge on any atom is -0.491 e. The number of hydrogen-bond donors (Lipinski definition) is 0. The highest BCUT2D eigenvalue weighted by atomic mass is 16.5. The molecule has 1 aromatic carbocycles. The molecular formula is C23H22N4O2. The Balaban J connectivity index is 1.56. The summed E-state index contributed by atoms with van der Waals surface area (Å²) in [4.78, 5) is 25.7. The van der Waals surface area contributed by atoms with Crippen LogP contribution in [0.4, 0.5) is 0 Å². The lowest BCUT2D eigenvalue weighted by Crippen LogP contribution is -2.07. The van der Waals surface area contributed by atoms with Crippen molar-refractivity contribution in [3.63, 3.8) is 0 Å². The van der Waals surface area contributed by atoms with Gasteiger partial charge in [0.1, 0.15) is 5.75 Å². The Morgan fingerprint density at radius 3 is 2.55 bits per heavy atom. The van der Waals surface area contributed by atoms with Crippen LogP contribution in [0.1, 0.15) is 29.9 Å². The number of carbonyl (C=O) groups is 1. The summed E-state index contributed by atoms with van der Waals surface area (Å²) in [5.41, 5.74) is 4.11. The van der Waals surface area contributed by atoms with Crippen LogP contribution in [-0.2, 0) is 13.5 Å². The molecule has 0 aliphatic heterocycles. The molecule has 0 spiro atoms. The summed E-state index contributed by atoms with van der Waals surface area (Å²) in [5, 5.41) is 0.946. The van der Waals surface area contributed by atoms with Crippen molar-refractivity contribution in [1.82, 2.24) is 19.5 Å². The second kappa shape index (κ2) is 7.83. The summed E-state index contributed by atoms with van der Waals surface area (Å²) in [5.74, 6) is 0.776. The molecule has 4 aromatic rings. The van der Waals surface area contributed by atoms with E-state index in [2.05, 4.69) is 15.0 Å². The van der Waals surface area contributed by atoms with Crippen LogP contribution in [-0.4, -0.2) is 31.4 Å². The zero-order chi connectivity index (χ0) is 20.4. The first-order valence-electron chi connectivity index (χ1n) is 9.51. The Morgan fingerprint density at radius 2 is 1.86 bits per heavy atom. The molecular weight excluding hydrogens is 364 g/mol. The molecule has 0 radical (unpaired) electrons. The van der Waals surface area contributed by atoms with Crippen molar-refractivity contribution in [2.45, 2.75) is 26.4 Å². The van der Waals surface area contributed by atoms with Crippen LogP contribution in [0.25, 0.3) is 22.2 Å². The van der Waals surface area contributed by atoms with Gasteiger partial charge in [0.05, 0.1) is 42.5 Å². The number of Topliss-reactive ketones (excluding diaryl/α,β-unsaturated/α-hetero) is 1. The minimum atomic E-state index is 0.0173. The molecule has 0 N–H and O–H groups in total. The number of ketones is 1. The molecule has 4 rings (SSSR count). The van der Waals surface area contributed by atoms with Crippen molar-refractivity contribution in [1.29, 1.82) is 0 Å². The number of ether oxygens (including phenoxy) is 1. The van der Waals surface area contributed by atoms with Crippen molar-refractivity contribution in [3.05, 3.63) is 72.6 Å².